The fourth-order valence-corrected chi connectivity index (χ4v) is 2.91. The number of benzene rings is 1. The van der Waals surface area contributed by atoms with Gasteiger partial charge >= 0.3 is 0 Å². The highest BCUT2D eigenvalue weighted by Crippen LogP contribution is 2.14. The minimum atomic E-state index is 0.0109. The van der Waals surface area contributed by atoms with E-state index in [0.29, 0.717) is 13.0 Å². The molecule has 0 aliphatic carbocycles. The summed E-state index contributed by atoms with van der Waals surface area (Å²) in [6.45, 7) is 0.680. The van der Waals surface area contributed by atoms with Crippen LogP contribution in [0, 0.1) is 0 Å². The summed E-state index contributed by atoms with van der Waals surface area (Å²) in [6, 6.07) is 15.9. The van der Waals surface area contributed by atoms with Crippen LogP contribution in [0.5, 0.6) is 0 Å². The van der Waals surface area contributed by atoms with Crippen LogP contribution in [-0.4, -0.2) is 15.7 Å². The van der Waals surface area contributed by atoms with E-state index < -0.39 is 0 Å². The van der Waals surface area contributed by atoms with E-state index in [2.05, 4.69) is 16.5 Å². The first-order chi connectivity index (χ1) is 10.8. The SMILES string of the molecule is O=C(CCc1ccccc1)Nc1ccnn1Cc1cccs1. The summed E-state index contributed by atoms with van der Waals surface area (Å²) in [4.78, 5) is 13.3. The fraction of sp³-hybridized carbons (Fsp3) is 0.176. The van der Waals surface area contributed by atoms with E-state index in [4.69, 9.17) is 0 Å². The molecule has 112 valence electrons. The third-order valence-corrected chi connectivity index (χ3v) is 4.21. The molecule has 2 heterocycles. The zero-order chi connectivity index (χ0) is 15.2. The van der Waals surface area contributed by atoms with Crippen molar-refractivity contribution in [2.75, 3.05) is 5.32 Å². The van der Waals surface area contributed by atoms with Crippen LogP contribution in [0.25, 0.3) is 0 Å². The van der Waals surface area contributed by atoms with Crippen molar-refractivity contribution in [2.45, 2.75) is 19.4 Å². The van der Waals surface area contributed by atoms with E-state index in [9.17, 15) is 4.79 Å². The number of anilines is 1. The lowest BCUT2D eigenvalue weighted by Crippen LogP contribution is -2.16. The summed E-state index contributed by atoms with van der Waals surface area (Å²) in [5.74, 6) is 0.753. The van der Waals surface area contributed by atoms with Crippen molar-refractivity contribution in [2.24, 2.45) is 0 Å². The summed E-state index contributed by atoms with van der Waals surface area (Å²) >= 11 is 1.68. The molecule has 0 bridgehead atoms. The second kappa shape index (κ2) is 7.04. The number of thiophene rings is 1. The van der Waals surface area contributed by atoms with Gasteiger partial charge in [0.15, 0.2) is 0 Å². The summed E-state index contributed by atoms with van der Waals surface area (Å²) in [6.07, 6.45) is 2.92. The van der Waals surface area contributed by atoms with Crippen molar-refractivity contribution in [3.8, 4) is 0 Å². The molecule has 22 heavy (non-hydrogen) atoms. The van der Waals surface area contributed by atoms with Crippen molar-refractivity contribution in [3.63, 3.8) is 0 Å². The van der Waals surface area contributed by atoms with Crippen LogP contribution < -0.4 is 5.32 Å². The Balaban J connectivity index is 1.56. The third-order valence-electron chi connectivity index (χ3n) is 3.35. The van der Waals surface area contributed by atoms with E-state index in [1.807, 2.05) is 52.5 Å². The smallest absolute Gasteiger partial charge is 0.225 e. The van der Waals surface area contributed by atoms with Crippen LogP contribution >= 0.6 is 11.3 Å². The number of carbonyl (C=O) groups excluding carboxylic acids is 1. The Kier molecular flexibility index (Phi) is 4.65. The maximum atomic E-state index is 12.1. The summed E-state index contributed by atoms with van der Waals surface area (Å²) < 4.78 is 1.81. The molecule has 0 atom stereocenters. The van der Waals surface area contributed by atoms with E-state index in [1.54, 1.807) is 17.5 Å². The average Bonchev–Trinajstić information content (AvgIpc) is 3.20. The number of hydrogen-bond acceptors (Lipinski definition) is 3. The number of nitrogens with one attached hydrogen (secondary N) is 1. The van der Waals surface area contributed by atoms with Gasteiger partial charge in [-0.05, 0) is 23.4 Å². The lowest BCUT2D eigenvalue weighted by Gasteiger charge is -2.08. The van der Waals surface area contributed by atoms with Crippen LogP contribution in [0.3, 0.4) is 0 Å². The quantitative estimate of drug-likeness (QED) is 0.756. The van der Waals surface area contributed by atoms with Crippen LogP contribution in [0.4, 0.5) is 5.82 Å². The van der Waals surface area contributed by atoms with Crippen molar-refractivity contribution >= 4 is 23.1 Å². The Morgan fingerprint density at radius 2 is 2.00 bits per heavy atom. The molecule has 1 N–H and O–H groups in total. The molecule has 0 unspecified atom stereocenters. The molecule has 3 aromatic rings. The van der Waals surface area contributed by atoms with Crippen LogP contribution in [-0.2, 0) is 17.8 Å². The van der Waals surface area contributed by atoms with Gasteiger partial charge in [0.1, 0.15) is 5.82 Å². The molecule has 1 amide bonds. The maximum Gasteiger partial charge on any atom is 0.225 e. The topological polar surface area (TPSA) is 46.9 Å². The molecule has 0 saturated heterocycles. The number of aryl methyl sites for hydroxylation is 1. The standard InChI is InChI=1S/C17H17N3OS/c21-17(9-8-14-5-2-1-3-6-14)19-16-10-11-18-20(16)13-15-7-4-12-22-15/h1-7,10-12H,8-9,13H2,(H,19,21). The highest BCUT2D eigenvalue weighted by molar-refractivity contribution is 7.09. The molecule has 0 saturated carbocycles. The maximum absolute atomic E-state index is 12.1. The lowest BCUT2D eigenvalue weighted by molar-refractivity contribution is -0.116. The Hall–Kier alpha value is -2.40. The molecule has 1 aromatic carbocycles. The van der Waals surface area contributed by atoms with Gasteiger partial charge in [-0.25, -0.2) is 4.68 Å². The highest BCUT2D eigenvalue weighted by Gasteiger charge is 2.08. The molecule has 0 spiro atoms. The van der Waals surface area contributed by atoms with Gasteiger partial charge in [-0.2, -0.15) is 5.10 Å². The second-order valence-corrected chi connectivity index (χ2v) is 6.02. The number of amides is 1. The first-order valence-electron chi connectivity index (χ1n) is 7.19. The summed E-state index contributed by atoms with van der Waals surface area (Å²) in [7, 11) is 0. The van der Waals surface area contributed by atoms with Crippen LogP contribution in [0.2, 0.25) is 0 Å². The third kappa shape index (κ3) is 3.83. The van der Waals surface area contributed by atoms with Crippen molar-refractivity contribution in [3.05, 3.63) is 70.5 Å². The van der Waals surface area contributed by atoms with E-state index in [0.717, 1.165) is 12.2 Å². The number of hydrogen-bond donors (Lipinski definition) is 1. The lowest BCUT2D eigenvalue weighted by atomic mass is 10.1. The fourth-order valence-electron chi connectivity index (χ4n) is 2.22. The molecule has 2 aromatic heterocycles. The van der Waals surface area contributed by atoms with Crippen LogP contribution in [0.1, 0.15) is 16.9 Å². The Morgan fingerprint density at radius 3 is 2.77 bits per heavy atom. The minimum Gasteiger partial charge on any atom is -0.311 e. The van der Waals surface area contributed by atoms with E-state index >= 15 is 0 Å². The number of carbonyl (C=O) groups is 1. The van der Waals surface area contributed by atoms with Gasteiger partial charge in [0.25, 0.3) is 0 Å². The zero-order valence-corrected chi connectivity index (χ0v) is 12.9. The molecule has 4 nitrogen and oxygen atoms in total. The first kappa shape index (κ1) is 14.5. The molecule has 0 fully saturated rings. The highest BCUT2D eigenvalue weighted by atomic mass is 32.1. The van der Waals surface area contributed by atoms with Gasteiger partial charge in [0, 0.05) is 17.4 Å². The molecule has 0 aliphatic rings. The van der Waals surface area contributed by atoms with Gasteiger partial charge < -0.3 is 5.32 Å². The first-order valence-corrected chi connectivity index (χ1v) is 8.07. The Bertz CT molecular complexity index is 719. The predicted molar refractivity (Wildman–Crippen MR) is 89.0 cm³/mol. The molecular formula is C17H17N3OS. The Morgan fingerprint density at radius 1 is 1.14 bits per heavy atom. The van der Waals surface area contributed by atoms with E-state index in [1.165, 1.54) is 10.4 Å². The van der Waals surface area contributed by atoms with Gasteiger partial charge in [0.05, 0.1) is 12.7 Å². The average molecular weight is 311 g/mol. The Labute approximate surface area is 133 Å². The zero-order valence-electron chi connectivity index (χ0n) is 12.1. The summed E-state index contributed by atoms with van der Waals surface area (Å²) in [5, 5.41) is 9.25. The van der Waals surface area contributed by atoms with Crippen LogP contribution in [0.15, 0.2) is 60.1 Å². The van der Waals surface area contributed by atoms with E-state index in [-0.39, 0.29) is 5.91 Å². The largest absolute Gasteiger partial charge is 0.311 e. The number of rotatable bonds is 6. The number of aromatic nitrogens is 2. The van der Waals surface area contributed by atoms with Crippen molar-refractivity contribution < 1.29 is 4.79 Å². The minimum absolute atomic E-state index is 0.0109. The van der Waals surface area contributed by atoms with Gasteiger partial charge in [-0.15, -0.1) is 11.3 Å². The molecular weight excluding hydrogens is 294 g/mol. The van der Waals surface area contributed by atoms with Gasteiger partial charge in [-0.1, -0.05) is 36.4 Å². The molecule has 3 rings (SSSR count). The summed E-state index contributed by atoms with van der Waals surface area (Å²) in [5.41, 5.74) is 1.17. The van der Waals surface area contributed by atoms with Crippen molar-refractivity contribution in [1.29, 1.82) is 0 Å². The predicted octanol–water partition coefficient (Wildman–Crippen LogP) is 3.56. The second-order valence-electron chi connectivity index (χ2n) is 4.99. The van der Waals surface area contributed by atoms with Gasteiger partial charge in [-0.3, -0.25) is 4.79 Å². The van der Waals surface area contributed by atoms with Crippen molar-refractivity contribution in [1.82, 2.24) is 9.78 Å². The van der Waals surface area contributed by atoms with Gasteiger partial charge in [0.2, 0.25) is 5.91 Å². The normalized spacial score (nSPS) is 10.5. The number of nitrogens with zero attached hydrogens (tertiary/aromatic N) is 2. The molecule has 0 aliphatic heterocycles. The molecule has 5 heteroatoms. The monoisotopic (exact) mass is 311 g/mol. The molecule has 0 radical (unpaired) electrons.